The molecule has 0 radical (unpaired) electrons. The fourth-order valence-corrected chi connectivity index (χ4v) is 9.15. The van der Waals surface area contributed by atoms with E-state index in [1.807, 2.05) is 27.7 Å². The van der Waals surface area contributed by atoms with E-state index in [2.05, 4.69) is 21.3 Å². The Kier molecular flexibility index (Phi) is 28.0. The number of carbonyl (C=O) groups excluding carboxylic acids is 11. The molecule has 0 bridgehead atoms. The van der Waals surface area contributed by atoms with Gasteiger partial charge in [-0.25, -0.2) is 0 Å². The van der Waals surface area contributed by atoms with Gasteiger partial charge in [0.25, 0.3) is 0 Å². The third-order valence-corrected chi connectivity index (χ3v) is 14.0. The van der Waals surface area contributed by atoms with E-state index in [9.17, 15) is 57.8 Å². The number of carbonyl (C=O) groups is 11. The molecule has 1 saturated heterocycles. The second-order valence-corrected chi connectivity index (χ2v) is 22.4. The molecule has 438 valence electrons. The van der Waals surface area contributed by atoms with Gasteiger partial charge in [-0.05, 0) is 76.0 Å². The lowest BCUT2D eigenvalue weighted by molar-refractivity contribution is -0.157. The Morgan fingerprint density at radius 1 is 0.519 bits per heavy atom. The normalized spacial score (nSPS) is 26.4. The highest BCUT2D eigenvalue weighted by molar-refractivity contribution is 5.99. The van der Waals surface area contributed by atoms with Crippen molar-refractivity contribution in [2.24, 2.45) is 29.6 Å². The number of aliphatic hydroxyl groups excluding tert-OH is 1. The van der Waals surface area contributed by atoms with E-state index >= 15 is 0 Å². The molecule has 77 heavy (non-hydrogen) atoms. The Balaban J connectivity index is 4.08. The lowest BCUT2D eigenvalue weighted by atomic mass is 9.91. The smallest absolute Gasteiger partial charge is 0.246 e. The highest BCUT2D eigenvalue weighted by Gasteiger charge is 2.45. The topological polar surface area (TPSA) is 279 Å². The molecule has 0 aromatic carbocycles. The van der Waals surface area contributed by atoms with Crippen LogP contribution in [-0.4, -0.2) is 228 Å². The Bertz CT molecular complexity index is 2120. The summed E-state index contributed by atoms with van der Waals surface area (Å²) < 4.78 is 0. The number of amides is 11. The van der Waals surface area contributed by atoms with Gasteiger partial charge in [-0.3, -0.25) is 52.7 Å². The molecule has 0 spiro atoms. The highest BCUT2D eigenvalue weighted by Crippen LogP contribution is 2.25. The van der Waals surface area contributed by atoms with Gasteiger partial charge in [0.15, 0.2) is 0 Å². The van der Waals surface area contributed by atoms with Gasteiger partial charge in [-0.15, -0.1) is 0 Å². The molecule has 23 nitrogen and oxygen atoms in total. The first kappa shape index (κ1) is 68.9. The number of hydrogen-bond acceptors (Lipinski definition) is 12. The Morgan fingerprint density at radius 3 is 1.47 bits per heavy atom. The molecule has 0 saturated carbocycles. The van der Waals surface area contributed by atoms with Crippen LogP contribution in [0, 0.1) is 29.6 Å². The fraction of sp³-hybridized carbons (Fsp3) is 0.759. The number of nitrogens with one attached hydrogen (secondary N) is 4. The maximum atomic E-state index is 15.0. The van der Waals surface area contributed by atoms with Gasteiger partial charge in [-0.1, -0.05) is 81.4 Å². The molecule has 0 aliphatic carbocycles. The first-order valence-corrected chi connectivity index (χ1v) is 26.9. The number of hydrogen-bond donors (Lipinski definition) is 5. The van der Waals surface area contributed by atoms with Gasteiger partial charge < -0.3 is 60.7 Å². The van der Waals surface area contributed by atoms with Gasteiger partial charge in [0.2, 0.25) is 65.0 Å². The SMILES string of the molecule is C/C=C/C[C@@H](C)[C@@H](O)[C@H]1C(=O)N[C@@H](CC)C(=O)N(C)CC(=O)N(C)CC(=O)N[C@@H](C(C)C)C(=O)N(C)CC(=O)N[C@@H](C)C(=O)N[C@H](C)C(=O)N(C)[C@@H](CC(C)C)C(=O)N(C)[C@H](CC(C)C)C(=O)N(C)[C@@H](C(C)C)C(=O)N1C. The summed E-state index contributed by atoms with van der Waals surface area (Å²) in [5.41, 5.74) is 0. The molecule has 11 amide bonds. The van der Waals surface area contributed by atoms with Crippen LogP contribution in [-0.2, 0) is 52.7 Å². The molecule has 0 unspecified atom stereocenters. The maximum absolute atomic E-state index is 15.0. The van der Waals surface area contributed by atoms with Gasteiger partial charge >= 0.3 is 0 Å². The minimum atomic E-state index is -1.60. The zero-order chi connectivity index (χ0) is 59.7. The van der Waals surface area contributed by atoms with E-state index in [0.717, 1.165) is 19.6 Å². The van der Waals surface area contributed by atoms with Gasteiger partial charge in [-0.2, -0.15) is 0 Å². The molecular weight excluding hydrogens is 995 g/mol. The molecule has 1 heterocycles. The molecule has 0 aromatic heterocycles. The van der Waals surface area contributed by atoms with Crippen molar-refractivity contribution in [3.63, 3.8) is 0 Å². The van der Waals surface area contributed by atoms with Crippen molar-refractivity contribution in [3.05, 3.63) is 12.2 Å². The van der Waals surface area contributed by atoms with Crippen molar-refractivity contribution in [3.8, 4) is 0 Å². The molecule has 1 aliphatic rings. The average Bonchev–Trinajstić information content (AvgIpc) is 3.34. The van der Waals surface area contributed by atoms with Crippen LogP contribution in [0.25, 0.3) is 0 Å². The minimum absolute atomic E-state index is 0.0288. The summed E-state index contributed by atoms with van der Waals surface area (Å²) in [5, 5.41) is 22.4. The largest absolute Gasteiger partial charge is 0.390 e. The van der Waals surface area contributed by atoms with Crippen LogP contribution in [0.5, 0.6) is 0 Å². The van der Waals surface area contributed by atoms with Crippen molar-refractivity contribution in [1.82, 2.24) is 55.6 Å². The summed E-state index contributed by atoms with van der Waals surface area (Å²) >= 11 is 0. The minimum Gasteiger partial charge on any atom is -0.390 e. The van der Waals surface area contributed by atoms with Crippen LogP contribution >= 0.6 is 0 Å². The lowest BCUT2D eigenvalue weighted by Crippen LogP contribution is -2.63. The maximum Gasteiger partial charge on any atom is 0.246 e. The summed E-state index contributed by atoms with van der Waals surface area (Å²) in [5.74, 6) is -9.57. The Hall–Kier alpha value is -6.13. The zero-order valence-electron chi connectivity index (χ0n) is 49.8. The number of rotatable bonds is 11. The van der Waals surface area contributed by atoms with E-state index in [-0.39, 0.29) is 31.1 Å². The van der Waals surface area contributed by atoms with E-state index in [4.69, 9.17) is 0 Å². The summed E-state index contributed by atoms with van der Waals surface area (Å²) in [6.07, 6.45) is 2.74. The molecule has 10 atom stereocenters. The predicted octanol–water partition coefficient (Wildman–Crippen LogP) is 0.440. The highest BCUT2D eigenvalue weighted by atomic mass is 16.3. The summed E-state index contributed by atoms with van der Waals surface area (Å²) in [6, 6.07) is -9.91. The molecule has 1 aliphatic heterocycles. The molecular formula is C54H95N11O12. The molecule has 23 heteroatoms. The quantitative estimate of drug-likeness (QED) is 0.177. The standard InChI is InChI=1S/C54H95N11O12/c1-21-23-24-34(11)46(69)45-48(71)57-37(22-2)50(73)61(16)29-42(68)59(14)27-41(67)58-43(32(7)8)53(76)60(15)28-40(66)55-35(12)47(70)56-36(13)49(72)62(17)38(25-30(3)4)51(74)63(18)39(26-31(5)6)52(75)64(19)44(33(9)10)54(77)65(45)20/h21,23,30-39,43-46,69H,22,24-29H2,1-20H3,(H,55,66)(H,56,70)(H,57,71)(H,58,67)/b23-21+/t34-,35+,36-,37+,38+,39-,43+,44+,45+,46-/m1/s1. The van der Waals surface area contributed by atoms with Gasteiger partial charge in [0.1, 0.15) is 48.3 Å². The fourth-order valence-electron chi connectivity index (χ4n) is 9.15. The lowest BCUT2D eigenvalue weighted by Gasteiger charge is -2.41. The van der Waals surface area contributed by atoms with E-state index in [1.165, 1.54) is 77.9 Å². The number of allylic oxidation sites excluding steroid dienone is 2. The molecule has 5 N–H and O–H groups in total. The second kappa shape index (κ2) is 31.3. The monoisotopic (exact) mass is 1090 g/mol. The Labute approximate surface area is 457 Å². The molecule has 1 rings (SSSR count). The van der Waals surface area contributed by atoms with Crippen LogP contribution in [0.3, 0.4) is 0 Å². The van der Waals surface area contributed by atoms with Crippen molar-refractivity contribution in [1.29, 1.82) is 0 Å². The summed E-state index contributed by atoms with van der Waals surface area (Å²) in [6.45, 7) is 20.6. The van der Waals surface area contributed by atoms with Crippen LogP contribution in [0.4, 0.5) is 0 Å². The Morgan fingerprint density at radius 2 is 0.987 bits per heavy atom. The van der Waals surface area contributed by atoms with Gasteiger partial charge in [0, 0.05) is 49.3 Å². The van der Waals surface area contributed by atoms with Crippen molar-refractivity contribution >= 4 is 65.0 Å². The van der Waals surface area contributed by atoms with Crippen molar-refractivity contribution in [2.45, 2.75) is 170 Å². The van der Waals surface area contributed by atoms with Crippen molar-refractivity contribution in [2.75, 3.05) is 69.0 Å². The number of aliphatic hydroxyl groups is 1. The first-order chi connectivity index (χ1) is 35.6. The third-order valence-electron chi connectivity index (χ3n) is 14.0. The number of nitrogens with zero attached hydrogens (tertiary/aromatic N) is 7. The van der Waals surface area contributed by atoms with E-state index in [0.29, 0.717) is 6.42 Å². The second-order valence-electron chi connectivity index (χ2n) is 22.4. The van der Waals surface area contributed by atoms with E-state index in [1.54, 1.807) is 60.6 Å². The van der Waals surface area contributed by atoms with Crippen LogP contribution in [0.15, 0.2) is 12.2 Å². The predicted molar refractivity (Wildman–Crippen MR) is 292 cm³/mol. The third kappa shape index (κ3) is 19.7. The summed E-state index contributed by atoms with van der Waals surface area (Å²) in [7, 11) is 9.65. The van der Waals surface area contributed by atoms with Crippen LogP contribution in [0.2, 0.25) is 0 Å². The molecule has 0 aromatic rings. The van der Waals surface area contributed by atoms with Gasteiger partial charge in [0.05, 0.1) is 25.7 Å². The first-order valence-electron chi connectivity index (χ1n) is 26.9. The zero-order valence-corrected chi connectivity index (χ0v) is 49.8. The van der Waals surface area contributed by atoms with Crippen LogP contribution in [0.1, 0.15) is 116 Å². The number of likely N-dealkylation sites (N-methyl/N-ethyl adjacent to an activating group) is 7. The van der Waals surface area contributed by atoms with Crippen LogP contribution < -0.4 is 21.3 Å². The molecule has 1 fully saturated rings. The average molecular weight is 1090 g/mol. The van der Waals surface area contributed by atoms with E-state index < -0.39 is 157 Å². The summed E-state index contributed by atoms with van der Waals surface area (Å²) in [4.78, 5) is 163. The van der Waals surface area contributed by atoms with Crippen molar-refractivity contribution < 1.29 is 57.8 Å².